The fraction of sp³-hybridized carbons (Fsp3) is 0.182. The minimum Gasteiger partial charge on any atom is -0.388 e. The van der Waals surface area contributed by atoms with Gasteiger partial charge in [-0.3, -0.25) is 9.78 Å². The fourth-order valence-corrected chi connectivity index (χ4v) is 2.91. The Morgan fingerprint density at radius 3 is 2.42 bits per heavy atom. The summed E-state index contributed by atoms with van der Waals surface area (Å²) in [6.45, 7) is 2.01. The molecule has 4 nitrogen and oxygen atoms in total. The summed E-state index contributed by atoms with van der Waals surface area (Å²) >= 11 is 0. The third-order valence-corrected chi connectivity index (χ3v) is 4.23. The van der Waals surface area contributed by atoms with E-state index in [0.29, 0.717) is 0 Å². The van der Waals surface area contributed by atoms with Gasteiger partial charge < -0.3 is 10.4 Å². The quantitative estimate of drug-likeness (QED) is 0.715. The van der Waals surface area contributed by atoms with Crippen molar-refractivity contribution in [1.82, 2.24) is 10.3 Å². The standard InChI is InChI=1S/C22H22N2O2/c1-16-8-7-11-18(14-16)22(19-12-5-6-13-23-19)24-21(26)15-20(25)17-9-3-2-4-10-17/h2-14,20,22,25H,15H2,1H3,(H,24,26). The second-order valence-corrected chi connectivity index (χ2v) is 6.30. The lowest BCUT2D eigenvalue weighted by Crippen LogP contribution is -2.31. The van der Waals surface area contributed by atoms with Crippen LogP contribution in [0.15, 0.2) is 79.0 Å². The van der Waals surface area contributed by atoms with Gasteiger partial charge >= 0.3 is 0 Å². The molecular weight excluding hydrogens is 324 g/mol. The Hall–Kier alpha value is -2.98. The molecule has 0 aliphatic rings. The average molecular weight is 346 g/mol. The first-order chi connectivity index (χ1) is 12.6. The van der Waals surface area contributed by atoms with Crippen LogP contribution in [0.25, 0.3) is 0 Å². The van der Waals surface area contributed by atoms with Gasteiger partial charge in [0.1, 0.15) is 0 Å². The molecule has 0 aliphatic carbocycles. The average Bonchev–Trinajstić information content (AvgIpc) is 2.67. The van der Waals surface area contributed by atoms with Gasteiger partial charge in [-0.2, -0.15) is 0 Å². The van der Waals surface area contributed by atoms with Crippen LogP contribution in [0, 0.1) is 6.92 Å². The smallest absolute Gasteiger partial charge is 0.223 e. The van der Waals surface area contributed by atoms with Crippen LogP contribution in [0.3, 0.4) is 0 Å². The third-order valence-electron chi connectivity index (χ3n) is 4.23. The normalized spacial score (nSPS) is 13.0. The van der Waals surface area contributed by atoms with E-state index in [9.17, 15) is 9.90 Å². The Balaban J connectivity index is 1.78. The number of carbonyl (C=O) groups is 1. The Labute approximate surface area is 153 Å². The van der Waals surface area contributed by atoms with Crippen LogP contribution in [0.4, 0.5) is 0 Å². The Morgan fingerprint density at radius 1 is 1.00 bits per heavy atom. The Kier molecular flexibility index (Phi) is 5.77. The number of hydrogen-bond acceptors (Lipinski definition) is 3. The van der Waals surface area contributed by atoms with Crippen molar-refractivity contribution in [3.8, 4) is 0 Å². The molecule has 2 unspecified atom stereocenters. The molecular formula is C22H22N2O2. The first kappa shape index (κ1) is 17.8. The molecule has 0 fully saturated rings. The molecule has 0 aliphatic heterocycles. The number of rotatable bonds is 6. The number of benzene rings is 2. The summed E-state index contributed by atoms with van der Waals surface area (Å²) < 4.78 is 0. The number of aromatic nitrogens is 1. The zero-order valence-corrected chi connectivity index (χ0v) is 14.7. The molecule has 0 bridgehead atoms. The van der Waals surface area contributed by atoms with Gasteiger partial charge in [0.15, 0.2) is 0 Å². The molecule has 2 aromatic carbocycles. The van der Waals surface area contributed by atoms with Gasteiger partial charge in [0.2, 0.25) is 5.91 Å². The summed E-state index contributed by atoms with van der Waals surface area (Å²) in [5.74, 6) is -0.224. The Bertz CT molecular complexity index is 850. The van der Waals surface area contributed by atoms with E-state index in [4.69, 9.17) is 0 Å². The van der Waals surface area contributed by atoms with Crippen molar-refractivity contribution in [2.45, 2.75) is 25.5 Å². The number of carbonyl (C=O) groups excluding carboxylic acids is 1. The predicted octanol–water partition coefficient (Wildman–Crippen LogP) is 3.72. The molecule has 1 heterocycles. The monoisotopic (exact) mass is 346 g/mol. The number of hydrogen-bond donors (Lipinski definition) is 2. The molecule has 132 valence electrons. The summed E-state index contributed by atoms with van der Waals surface area (Å²) in [5, 5.41) is 13.3. The van der Waals surface area contributed by atoms with Gasteiger partial charge in [-0.15, -0.1) is 0 Å². The molecule has 26 heavy (non-hydrogen) atoms. The van der Waals surface area contributed by atoms with Crippen LogP contribution in [-0.2, 0) is 4.79 Å². The predicted molar refractivity (Wildman–Crippen MR) is 101 cm³/mol. The van der Waals surface area contributed by atoms with Crippen LogP contribution in [0.5, 0.6) is 0 Å². The second-order valence-electron chi connectivity index (χ2n) is 6.30. The molecule has 0 saturated heterocycles. The molecule has 4 heteroatoms. The van der Waals surface area contributed by atoms with Crippen LogP contribution < -0.4 is 5.32 Å². The largest absolute Gasteiger partial charge is 0.388 e. The number of aliphatic hydroxyl groups excluding tert-OH is 1. The van der Waals surface area contributed by atoms with Crippen LogP contribution in [0.2, 0.25) is 0 Å². The fourth-order valence-electron chi connectivity index (χ4n) is 2.91. The van der Waals surface area contributed by atoms with Crippen molar-refractivity contribution < 1.29 is 9.90 Å². The summed E-state index contributed by atoms with van der Waals surface area (Å²) in [5.41, 5.74) is 3.57. The molecule has 3 aromatic rings. The highest BCUT2D eigenvalue weighted by Crippen LogP contribution is 2.23. The number of nitrogens with zero attached hydrogens (tertiary/aromatic N) is 1. The van der Waals surface area contributed by atoms with E-state index >= 15 is 0 Å². The molecule has 3 rings (SSSR count). The van der Waals surface area contributed by atoms with Crippen molar-refractivity contribution in [2.75, 3.05) is 0 Å². The second kappa shape index (κ2) is 8.41. The van der Waals surface area contributed by atoms with E-state index in [1.807, 2.05) is 79.7 Å². The van der Waals surface area contributed by atoms with Crippen LogP contribution in [-0.4, -0.2) is 16.0 Å². The zero-order valence-electron chi connectivity index (χ0n) is 14.7. The van der Waals surface area contributed by atoms with E-state index < -0.39 is 6.10 Å². The van der Waals surface area contributed by atoms with E-state index in [2.05, 4.69) is 10.3 Å². The van der Waals surface area contributed by atoms with Crippen molar-refractivity contribution in [2.24, 2.45) is 0 Å². The molecule has 2 N–H and O–H groups in total. The molecule has 0 spiro atoms. The lowest BCUT2D eigenvalue weighted by Gasteiger charge is -2.20. The third kappa shape index (κ3) is 4.55. The summed E-state index contributed by atoms with van der Waals surface area (Å²) in [6.07, 6.45) is 0.875. The molecule has 0 radical (unpaired) electrons. The van der Waals surface area contributed by atoms with Gasteiger partial charge in [0.05, 0.1) is 24.3 Å². The minimum absolute atomic E-state index is 0.000831. The molecule has 1 aromatic heterocycles. The first-order valence-corrected chi connectivity index (χ1v) is 8.63. The zero-order chi connectivity index (χ0) is 18.4. The number of amides is 1. The summed E-state index contributed by atoms with van der Waals surface area (Å²) in [6, 6.07) is 22.5. The van der Waals surface area contributed by atoms with Gasteiger partial charge in [-0.1, -0.05) is 66.2 Å². The topological polar surface area (TPSA) is 62.2 Å². The van der Waals surface area contributed by atoms with E-state index in [1.54, 1.807) is 6.20 Å². The highest BCUT2D eigenvalue weighted by Gasteiger charge is 2.20. The van der Waals surface area contributed by atoms with Crippen molar-refractivity contribution in [1.29, 1.82) is 0 Å². The van der Waals surface area contributed by atoms with Gasteiger partial charge in [-0.05, 0) is 30.2 Å². The highest BCUT2D eigenvalue weighted by atomic mass is 16.3. The SMILES string of the molecule is Cc1cccc(C(NC(=O)CC(O)c2ccccc2)c2ccccn2)c1. The summed E-state index contributed by atoms with van der Waals surface area (Å²) in [7, 11) is 0. The number of pyridine rings is 1. The molecule has 2 atom stereocenters. The lowest BCUT2D eigenvalue weighted by atomic mass is 10.00. The van der Waals surface area contributed by atoms with Crippen molar-refractivity contribution >= 4 is 5.91 Å². The van der Waals surface area contributed by atoms with E-state index in [1.165, 1.54) is 0 Å². The van der Waals surface area contributed by atoms with Gasteiger partial charge in [-0.25, -0.2) is 0 Å². The maximum absolute atomic E-state index is 12.6. The van der Waals surface area contributed by atoms with Crippen molar-refractivity contribution in [3.63, 3.8) is 0 Å². The lowest BCUT2D eigenvalue weighted by molar-refractivity contribution is -0.123. The maximum Gasteiger partial charge on any atom is 0.223 e. The van der Waals surface area contributed by atoms with E-state index in [-0.39, 0.29) is 18.4 Å². The number of aliphatic hydroxyl groups is 1. The Morgan fingerprint density at radius 2 is 1.73 bits per heavy atom. The molecule has 0 saturated carbocycles. The van der Waals surface area contributed by atoms with Crippen LogP contribution >= 0.6 is 0 Å². The maximum atomic E-state index is 12.6. The van der Waals surface area contributed by atoms with Crippen LogP contribution in [0.1, 0.15) is 41.0 Å². The van der Waals surface area contributed by atoms with Gasteiger partial charge in [0, 0.05) is 6.20 Å². The van der Waals surface area contributed by atoms with Gasteiger partial charge in [0.25, 0.3) is 0 Å². The minimum atomic E-state index is -0.835. The number of aryl methyl sites for hydroxylation is 1. The summed E-state index contributed by atoms with van der Waals surface area (Å²) in [4.78, 5) is 17.0. The molecule has 1 amide bonds. The van der Waals surface area contributed by atoms with Crippen molar-refractivity contribution in [3.05, 3.63) is 101 Å². The first-order valence-electron chi connectivity index (χ1n) is 8.63. The van der Waals surface area contributed by atoms with E-state index in [0.717, 1.165) is 22.4 Å². The highest BCUT2D eigenvalue weighted by molar-refractivity contribution is 5.77. The number of nitrogens with one attached hydrogen (secondary N) is 1.